The van der Waals surface area contributed by atoms with Gasteiger partial charge in [-0.25, -0.2) is 4.57 Å². The molecule has 4 aromatic carbocycles. The smallest absolute Gasteiger partial charge is 0.212 e. The van der Waals surface area contributed by atoms with Crippen LogP contribution in [0.2, 0.25) is 0 Å². The molecule has 0 atom stereocenters. The molecule has 0 aliphatic rings. The Labute approximate surface area is 263 Å². The normalized spacial score (nSPS) is 12.6. The number of nitrogens with zero attached hydrogens (tertiary/aromatic N) is 2. The molecule has 0 spiro atoms. The lowest BCUT2D eigenvalue weighted by atomic mass is 9.85. The molecule has 0 aliphatic heterocycles. The highest BCUT2D eigenvalue weighted by atomic mass is 16.1. The topological polar surface area (TPSA) is 42.4 Å². The van der Waals surface area contributed by atoms with Gasteiger partial charge in [-0.05, 0) is 94.1 Å². The van der Waals surface area contributed by atoms with E-state index in [1.165, 1.54) is 0 Å². The number of benzene rings is 4. The average Bonchev–Trinajstić information content (AvgIpc) is 3.00. The fourth-order valence-corrected chi connectivity index (χ4v) is 6.68. The molecule has 45 heavy (non-hydrogen) atoms. The van der Waals surface area contributed by atoms with Crippen LogP contribution >= 0.6 is 0 Å². The second-order valence-corrected chi connectivity index (χ2v) is 14.6. The van der Waals surface area contributed by atoms with Crippen LogP contribution < -0.4 is 15.4 Å². The van der Waals surface area contributed by atoms with Crippen LogP contribution in [0, 0.1) is 6.92 Å². The minimum absolute atomic E-state index is 0.0511. The highest BCUT2D eigenvalue weighted by Crippen LogP contribution is 2.35. The van der Waals surface area contributed by atoms with Crippen LogP contribution in [0.3, 0.4) is 0 Å². The summed E-state index contributed by atoms with van der Waals surface area (Å²) in [6.45, 7) is 15.2. The zero-order valence-corrected chi connectivity index (χ0v) is 27.4. The third kappa shape index (κ3) is 4.54. The summed E-state index contributed by atoms with van der Waals surface area (Å²) in [7, 11) is 2.04. The fraction of sp³-hybridized carbons (Fsp3) is 0.244. The predicted octanol–water partition coefficient (Wildman–Crippen LogP) is 8.62. The van der Waals surface area contributed by atoms with Gasteiger partial charge in [0.2, 0.25) is 5.69 Å². The summed E-state index contributed by atoms with van der Waals surface area (Å²) in [5.74, 6) is 0. The first-order valence-electron chi connectivity index (χ1n) is 15.7. The van der Waals surface area contributed by atoms with E-state index in [1.807, 2.05) is 49.6 Å². The van der Waals surface area contributed by atoms with E-state index in [9.17, 15) is 9.59 Å². The average molecular weight is 592 g/mol. The van der Waals surface area contributed by atoms with Crippen molar-refractivity contribution >= 4 is 38.1 Å². The maximum atomic E-state index is 14.4. The Kier molecular flexibility index (Phi) is 6.32. The van der Waals surface area contributed by atoms with Gasteiger partial charge in [-0.1, -0.05) is 65.8 Å². The molecular formula is C41H39N2O2+. The Hall–Kier alpha value is -4.83. The van der Waals surface area contributed by atoms with E-state index in [-0.39, 0.29) is 21.7 Å². The molecule has 0 radical (unpaired) electrons. The lowest BCUT2D eigenvalue weighted by molar-refractivity contribution is -0.660. The zero-order valence-electron chi connectivity index (χ0n) is 27.4. The van der Waals surface area contributed by atoms with Crippen molar-refractivity contribution in [3.8, 4) is 22.4 Å². The molecular weight excluding hydrogens is 552 g/mol. The molecule has 0 unspecified atom stereocenters. The molecule has 0 fully saturated rings. The molecule has 0 bridgehead atoms. The number of hydrogen-bond acceptors (Lipinski definition) is 2. The molecule has 0 saturated heterocycles. The Bertz CT molecular complexity index is 2330. The van der Waals surface area contributed by atoms with Gasteiger partial charge in [0.25, 0.3) is 0 Å². The van der Waals surface area contributed by atoms with Crippen LogP contribution in [0.15, 0.2) is 101 Å². The summed E-state index contributed by atoms with van der Waals surface area (Å²) in [6, 6.07) is 28.9. The van der Waals surface area contributed by atoms with E-state index in [0.29, 0.717) is 27.1 Å². The minimum Gasteiger partial charge on any atom is -0.307 e. The van der Waals surface area contributed by atoms with Crippen molar-refractivity contribution in [1.29, 1.82) is 0 Å². The number of hydrogen-bond donors (Lipinski definition) is 0. The Morgan fingerprint density at radius 3 is 1.67 bits per heavy atom. The third-order valence-corrected chi connectivity index (χ3v) is 9.42. The first-order chi connectivity index (χ1) is 21.2. The molecule has 0 saturated carbocycles. The number of aromatic nitrogens is 2. The Morgan fingerprint density at radius 1 is 0.600 bits per heavy atom. The molecule has 3 heterocycles. The van der Waals surface area contributed by atoms with Gasteiger partial charge in [-0.2, -0.15) is 0 Å². The molecule has 0 N–H and O–H groups in total. The minimum atomic E-state index is -0.106. The van der Waals surface area contributed by atoms with Gasteiger partial charge < -0.3 is 4.40 Å². The zero-order chi connectivity index (χ0) is 32.0. The van der Waals surface area contributed by atoms with Crippen LogP contribution in [-0.4, -0.2) is 4.40 Å². The summed E-state index contributed by atoms with van der Waals surface area (Å²) in [6.07, 6.45) is 2.04. The summed E-state index contributed by atoms with van der Waals surface area (Å²) in [5, 5.41) is 2.43. The maximum absolute atomic E-state index is 14.4. The fourth-order valence-electron chi connectivity index (χ4n) is 6.68. The van der Waals surface area contributed by atoms with E-state index in [2.05, 4.69) is 106 Å². The van der Waals surface area contributed by atoms with E-state index < -0.39 is 0 Å². The van der Waals surface area contributed by atoms with Gasteiger partial charge in [0, 0.05) is 39.2 Å². The highest BCUT2D eigenvalue weighted by Gasteiger charge is 2.23. The molecule has 0 aliphatic carbocycles. The lowest BCUT2D eigenvalue weighted by Gasteiger charge is -2.23. The van der Waals surface area contributed by atoms with E-state index in [4.69, 9.17) is 0 Å². The quantitative estimate of drug-likeness (QED) is 0.115. The van der Waals surface area contributed by atoms with Crippen LogP contribution in [-0.2, 0) is 17.9 Å². The summed E-state index contributed by atoms with van der Waals surface area (Å²) < 4.78 is 4.29. The first-order valence-corrected chi connectivity index (χ1v) is 15.7. The first kappa shape index (κ1) is 28.9. The summed E-state index contributed by atoms with van der Waals surface area (Å²) in [4.78, 5) is 28.8. The summed E-state index contributed by atoms with van der Waals surface area (Å²) >= 11 is 0. The number of fused-ring (bicyclic) bond motifs is 4. The van der Waals surface area contributed by atoms with Crippen molar-refractivity contribution in [2.24, 2.45) is 7.05 Å². The number of rotatable bonds is 2. The number of pyridine rings is 3. The Morgan fingerprint density at radius 2 is 1.16 bits per heavy atom. The molecule has 3 aromatic heterocycles. The Balaban J connectivity index is 1.65. The van der Waals surface area contributed by atoms with Crippen LogP contribution in [0.5, 0.6) is 0 Å². The van der Waals surface area contributed by atoms with Crippen LogP contribution in [0.4, 0.5) is 0 Å². The van der Waals surface area contributed by atoms with E-state index >= 15 is 0 Å². The van der Waals surface area contributed by atoms with Crippen molar-refractivity contribution in [1.82, 2.24) is 4.40 Å². The van der Waals surface area contributed by atoms with E-state index in [0.717, 1.165) is 50.1 Å². The van der Waals surface area contributed by atoms with Gasteiger partial charge in [0.15, 0.2) is 17.1 Å². The largest absolute Gasteiger partial charge is 0.307 e. The van der Waals surface area contributed by atoms with Crippen LogP contribution in [0.1, 0.15) is 58.2 Å². The van der Waals surface area contributed by atoms with Crippen molar-refractivity contribution in [2.45, 2.75) is 59.3 Å². The van der Waals surface area contributed by atoms with Gasteiger partial charge in [-0.15, -0.1) is 0 Å². The second kappa shape index (κ2) is 9.84. The third-order valence-electron chi connectivity index (χ3n) is 9.42. The van der Waals surface area contributed by atoms with Gasteiger partial charge in [0.05, 0.1) is 16.6 Å². The van der Waals surface area contributed by atoms with Gasteiger partial charge >= 0.3 is 0 Å². The molecule has 4 nitrogen and oxygen atoms in total. The standard InChI is InChI=1S/C41H39N2O2/c1-24-12-13-25(19-31(24)34-11-9-10-18-42(34)8)26-20-32-37-33(21-26)39(45)30-17-15-28(41(5,6)7)23-36(30)43(37)35-22-27(40(2,3)4)14-16-29(35)38(32)44/h9-23H,1-8H3/q+1. The molecule has 7 aromatic rings. The van der Waals surface area contributed by atoms with Gasteiger partial charge in [-0.3, -0.25) is 9.59 Å². The molecule has 224 valence electrons. The monoisotopic (exact) mass is 591 g/mol. The second-order valence-electron chi connectivity index (χ2n) is 14.6. The highest BCUT2D eigenvalue weighted by molar-refractivity contribution is 6.09. The number of aryl methyl sites for hydroxylation is 2. The molecule has 7 rings (SSSR count). The van der Waals surface area contributed by atoms with Crippen molar-refractivity contribution in [2.75, 3.05) is 0 Å². The summed E-state index contributed by atoms with van der Waals surface area (Å²) in [5.41, 5.74) is 9.52. The lowest BCUT2D eigenvalue weighted by Crippen LogP contribution is -2.30. The van der Waals surface area contributed by atoms with Gasteiger partial charge in [0.1, 0.15) is 7.05 Å². The molecule has 0 amide bonds. The SMILES string of the molecule is Cc1ccc(-c2cc3c(=O)c4ccc(C(C)(C)C)cc4n4c5cc(C(C)(C)C)ccc5c(=O)c(c2)c34)cc1-c1cccc[n+]1C. The maximum Gasteiger partial charge on any atom is 0.212 e. The van der Waals surface area contributed by atoms with E-state index in [1.54, 1.807) is 0 Å². The van der Waals surface area contributed by atoms with Crippen molar-refractivity contribution in [3.05, 3.63) is 128 Å². The van der Waals surface area contributed by atoms with Crippen LogP contribution in [0.25, 0.3) is 60.5 Å². The van der Waals surface area contributed by atoms with Crippen molar-refractivity contribution in [3.63, 3.8) is 0 Å². The molecule has 4 heteroatoms. The predicted molar refractivity (Wildman–Crippen MR) is 188 cm³/mol. The van der Waals surface area contributed by atoms with Crippen molar-refractivity contribution < 1.29 is 4.57 Å².